The predicted octanol–water partition coefficient (Wildman–Crippen LogP) is 2.32. The maximum atomic E-state index is 12.7. The van der Waals surface area contributed by atoms with E-state index in [9.17, 15) is 13.2 Å². The van der Waals surface area contributed by atoms with Gasteiger partial charge in [0.05, 0.1) is 11.4 Å². The fraction of sp³-hybridized carbons (Fsp3) is 0.188. The first-order valence-corrected chi connectivity index (χ1v) is 8.70. The molecular weight excluding hydrogens is 336 g/mol. The van der Waals surface area contributed by atoms with Crippen LogP contribution in [0.25, 0.3) is 0 Å². The Bertz CT molecular complexity index is 787. The number of aryl methyl sites for hydroxylation is 1. The van der Waals surface area contributed by atoms with E-state index in [2.05, 4.69) is 0 Å². The number of rotatable bonds is 6. The molecule has 0 unspecified atom stereocenters. The number of carbonyl (C=O) groups is 1. The van der Waals surface area contributed by atoms with Crippen LogP contribution in [-0.4, -0.2) is 25.2 Å². The van der Waals surface area contributed by atoms with Gasteiger partial charge in [0, 0.05) is 11.6 Å². The van der Waals surface area contributed by atoms with Crippen LogP contribution in [0.5, 0.6) is 0 Å². The fourth-order valence-electron chi connectivity index (χ4n) is 2.05. The van der Waals surface area contributed by atoms with Gasteiger partial charge >= 0.3 is 0 Å². The molecule has 2 rings (SSSR count). The van der Waals surface area contributed by atoms with E-state index in [4.69, 9.17) is 17.3 Å². The molecule has 0 aromatic heterocycles. The van der Waals surface area contributed by atoms with Crippen LogP contribution >= 0.6 is 11.6 Å². The van der Waals surface area contributed by atoms with Gasteiger partial charge in [0.15, 0.2) is 0 Å². The zero-order valence-electron chi connectivity index (χ0n) is 12.6. The summed E-state index contributed by atoms with van der Waals surface area (Å²) in [5.74, 6) is -0.713. The van der Waals surface area contributed by atoms with Crippen molar-refractivity contribution in [2.45, 2.75) is 18.4 Å². The molecule has 0 aliphatic heterocycles. The van der Waals surface area contributed by atoms with E-state index in [1.807, 2.05) is 6.92 Å². The molecule has 7 heteroatoms. The average molecular weight is 353 g/mol. The van der Waals surface area contributed by atoms with E-state index in [1.54, 1.807) is 36.4 Å². The van der Waals surface area contributed by atoms with E-state index in [-0.39, 0.29) is 11.4 Å². The molecule has 0 radical (unpaired) electrons. The van der Waals surface area contributed by atoms with Crippen molar-refractivity contribution < 1.29 is 13.2 Å². The number of halogens is 1. The number of nitrogens with zero attached hydrogens (tertiary/aromatic N) is 1. The summed E-state index contributed by atoms with van der Waals surface area (Å²) < 4.78 is 26.5. The van der Waals surface area contributed by atoms with Crippen molar-refractivity contribution in [3.63, 3.8) is 0 Å². The van der Waals surface area contributed by atoms with Crippen LogP contribution in [0.1, 0.15) is 11.1 Å². The van der Waals surface area contributed by atoms with Crippen molar-refractivity contribution in [2.75, 3.05) is 6.54 Å². The van der Waals surface area contributed by atoms with Gasteiger partial charge in [-0.15, -0.1) is 0 Å². The molecule has 0 atom stereocenters. The van der Waals surface area contributed by atoms with Crippen LogP contribution in [0.3, 0.4) is 0 Å². The Morgan fingerprint density at radius 1 is 1.09 bits per heavy atom. The minimum Gasteiger partial charge on any atom is -0.369 e. The first-order chi connectivity index (χ1) is 10.8. The highest BCUT2D eigenvalue weighted by atomic mass is 35.5. The minimum atomic E-state index is -3.82. The molecule has 0 fully saturated rings. The van der Waals surface area contributed by atoms with E-state index < -0.39 is 22.5 Å². The monoisotopic (exact) mass is 352 g/mol. The van der Waals surface area contributed by atoms with Crippen LogP contribution in [0.4, 0.5) is 0 Å². The zero-order valence-corrected chi connectivity index (χ0v) is 14.1. The van der Waals surface area contributed by atoms with Gasteiger partial charge in [0.2, 0.25) is 15.9 Å². The highest BCUT2D eigenvalue weighted by Crippen LogP contribution is 2.19. The molecular formula is C16H17ClN2O3S. The maximum absolute atomic E-state index is 12.7. The Hall–Kier alpha value is -1.89. The van der Waals surface area contributed by atoms with Gasteiger partial charge in [-0.05, 0) is 36.8 Å². The van der Waals surface area contributed by atoms with Gasteiger partial charge < -0.3 is 5.73 Å². The van der Waals surface area contributed by atoms with Crippen LogP contribution in [-0.2, 0) is 21.4 Å². The van der Waals surface area contributed by atoms with Crippen molar-refractivity contribution >= 4 is 27.5 Å². The molecule has 0 aliphatic carbocycles. The molecule has 5 nitrogen and oxygen atoms in total. The van der Waals surface area contributed by atoms with Crippen LogP contribution in [0.2, 0.25) is 5.02 Å². The largest absolute Gasteiger partial charge is 0.369 e. The number of amides is 1. The SMILES string of the molecule is Cc1ccc(S(=O)(=O)N(CC(N)=O)Cc2ccc(Cl)cc2)cc1. The molecule has 0 saturated heterocycles. The summed E-state index contributed by atoms with van der Waals surface area (Å²) in [6.07, 6.45) is 0. The average Bonchev–Trinajstić information content (AvgIpc) is 2.49. The van der Waals surface area contributed by atoms with E-state index in [0.717, 1.165) is 9.87 Å². The summed E-state index contributed by atoms with van der Waals surface area (Å²) in [4.78, 5) is 11.4. The number of hydrogen-bond acceptors (Lipinski definition) is 3. The quantitative estimate of drug-likeness (QED) is 0.866. The topological polar surface area (TPSA) is 80.5 Å². The Morgan fingerprint density at radius 3 is 2.17 bits per heavy atom. The molecule has 2 aromatic carbocycles. The lowest BCUT2D eigenvalue weighted by molar-refractivity contribution is -0.118. The normalized spacial score (nSPS) is 11.6. The molecule has 0 bridgehead atoms. The first-order valence-electron chi connectivity index (χ1n) is 6.88. The molecule has 0 spiro atoms. The highest BCUT2D eigenvalue weighted by Gasteiger charge is 2.26. The summed E-state index contributed by atoms with van der Waals surface area (Å²) in [6, 6.07) is 13.2. The summed E-state index contributed by atoms with van der Waals surface area (Å²) in [5.41, 5.74) is 6.87. The lowest BCUT2D eigenvalue weighted by Gasteiger charge is -2.21. The number of carbonyl (C=O) groups excluding carboxylic acids is 1. The Labute approximate surface area is 140 Å². The van der Waals surface area contributed by atoms with Crippen LogP contribution in [0, 0.1) is 6.92 Å². The van der Waals surface area contributed by atoms with Gasteiger partial charge in [0.1, 0.15) is 0 Å². The summed E-state index contributed by atoms with van der Waals surface area (Å²) in [5, 5.41) is 0.552. The van der Waals surface area contributed by atoms with E-state index >= 15 is 0 Å². The van der Waals surface area contributed by atoms with Gasteiger partial charge in [-0.3, -0.25) is 4.79 Å². The fourth-order valence-corrected chi connectivity index (χ4v) is 3.57. The summed E-state index contributed by atoms with van der Waals surface area (Å²) >= 11 is 5.83. The molecule has 23 heavy (non-hydrogen) atoms. The standard InChI is InChI=1S/C16H17ClN2O3S/c1-12-2-8-15(9-3-12)23(21,22)19(11-16(18)20)10-13-4-6-14(17)7-5-13/h2-9H,10-11H2,1H3,(H2,18,20). The first kappa shape index (κ1) is 17.5. The smallest absolute Gasteiger partial charge is 0.243 e. The minimum absolute atomic E-state index is 0.0380. The van der Waals surface area contributed by atoms with Gasteiger partial charge in [-0.2, -0.15) is 4.31 Å². The molecule has 0 heterocycles. The Morgan fingerprint density at radius 2 is 1.65 bits per heavy atom. The second-order valence-corrected chi connectivity index (χ2v) is 7.55. The van der Waals surface area contributed by atoms with Crippen molar-refractivity contribution in [3.8, 4) is 0 Å². The Kier molecular flexibility index (Phi) is 5.41. The van der Waals surface area contributed by atoms with Crippen molar-refractivity contribution in [1.29, 1.82) is 0 Å². The maximum Gasteiger partial charge on any atom is 0.243 e. The lowest BCUT2D eigenvalue weighted by atomic mass is 10.2. The molecule has 2 aromatic rings. The second kappa shape index (κ2) is 7.12. The van der Waals surface area contributed by atoms with Crippen molar-refractivity contribution in [3.05, 3.63) is 64.7 Å². The van der Waals surface area contributed by atoms with Crippen molar-refractivity contribution in [2.24, 2.45) is 5.73 Å². The van der Waals surface area contributed by atoms with Crippen LogP contribution < -0.4 is 5.73 Å². The van der Waals surface area contributed by atoms with Gasteiger partial charge in [0.25, 0.3) is 0 Å². The summed E-state index contributed by atoms with van der Waals surface area (Å²) in [7, 11) is -3.82. The summed E-state index contributed by atoms with van der Waals surface area (Å²) in [6.45, 7) is 1.51. The second-order valence-electron chi connectivity index (χ2n) is 5.18. The third kappa shape index (κ3) is 4.54. The molecule has 0 aliphatic rings. The third-order valence-electron chi connectivity index (χ3n) is 3.26. The molecule has 122 valence electrons. The zero-order chi connectivity index (χ0) is 17.0. The van der Waals surface area contributed by atoms with Crippen molar-refractivity contribution in [1.82, 2.24) is 4.31 Å². The Balaban J connectivity index is 2.34. The number of sulfonamides is 1. The van der Waals surface area contributed by atoms with Crippen LogP contribution in [0.15, 0.2) is 53.4 Å². The van der Waals surface area contributed by atoms with E-state index in [1.165, 1.54) is 12.1 Å². The lowest BCUT2D eigenvalue weighted by Crippen LogP contribution is -2.38. The molecule has 2 N–H and O–H groups in total. The number of primary amides is 1. The number of hydrogen-bond donors (Lipinski definition) is 1. The molecule has 1 amide bonds. The number of nitrogens with two attached hydrogens (primary N) is 1. The predicted molar refractivity (Wildman–Crippen MR) is 89.4 cm³/mol. The van der Waals surface area contributed by atoms with Gasteiger partial charge in [-0.25, -0.2) is 8.42 Å². The third-order valence-corrected chi connectivity index (χ3v) is 5.32. The number of benzene rings is 2. The highest BCUT2D eigenvalue weighted by molar-refractivity contribution is 7.89. The van der Waals surface area contributed by atoms with Gasteiger partial charge in [-0.1, -0.05) is 41.4 Å². The molecule has 0 saturated carbocycles. The van der Waals surface area contributed by atoms with E-state index in [0.29, 0.717) is 10.6 Å².